The molecule has 0 unspecified atom stereocenters. The van der Waals surface area contributed by atoms with Crippen LogP contribution in [0.15, 0.2) is 54.6 Å². The molecule has 0 heterocycles. The van der Waals surface area contributed by atoms with Crippen LogP contribution in [0.2, 0.25) is 0 Å². The van der Waals surface area contributed by atoms with Gasteiger partial charge in [-0.2, -0.15) is 0 Å². The molecule has 1 amide bonds. The van der Waals surface area contributed by atoms with Crippen molar-refractivity contribution in [3.63, 3.8) is 0 Å². The number of nitrogens with zero attached hydrogens (tertiary/aromatic N) is 2. The van der Waals surface area contributed by atoms with E-state index in [1.807, 2.05) is 61.3 Å². The van der Waals surface area contributed by atoms with Gasteiger partial charge in [0.25, 0.3) is 0 Å². The average molecular weight is 375 g/mol. The second-order valence-corrected chi connectivity index (χ2v) is 8.07. The minimum absolute atomic E-state index is 0.237. The Morgan fingerprint density at radius 2 is 1.65 bits per heavy atom. The number of carbonyl (C=O) groups excluding carboxylic acids is 1. The fourth-order valence-corrected chi connectivity index (χ4v) is 3.50. The monoisotopic (exact) mass is 375 g/mol. The Morgan fingerprint density at radius 1 is 1.04 bits per heavy atom. The van der Waals surface area contributed by atoms with E-state index in [1.165, 1.54) is 0 Å². The van der Waals surface area contributed by atoms with Gasteiger partial charge in [-0.05, 0) is 30.7 Å². The van der Waals surface area contributed by atoms with Crippen LogP contribution in [0.25, 0.3) is 0 Å². The quantitative estimate of drug-likeness (QED) is 0.766. The van der Waals surface area contributed by atoms with E-state index in [9.17, 15) is 13.2 Å². The summed E-state index contributed by atoms with van der Waals surface area (Å²) in [5.41, 5.74) is 2.38. The third-order valence-corrected chi connectivity index (χ3v) is 5.16. The van der Waals surface area contributed by atoms with E-state index < -0.39 is 10.0 Å². The Morgan fingerprint density at radius 3 is 2.27 bits per heavy atom. The van der Waals surface area contributed by atoms with E-state index in [0.717, 1.165) is 21.8 Å². The van der Waals surface area contributed by atoms with Crippen molar-refractivity contribution in [1.82, 2.24) is 5.32 Å². The van der Waals surface area contributed by atoms with Crippen molar-refractivity contribution in [3.8, 4) is 0 Å². The number of amides is 1. The lowest BCUT2D eigenvalue weighted by Gasteiger charge is -2.24. The van der Waals surface area contributed by atoms with Crippen LogP contribution in [0.3, 0.4) is 0 Å². The summed E-state index contributed by atoms with van der Waals surface area (Å²) >= 11 is 0. The maximum absolute atomic E-state index is 12.3. The summed E-state index contributed by atoms with van der Waals surface area (Å²) in [6, 6.07) is 17.0. The minimum Gasteiger partial charge on any atom is -0.373 e. The zero-order valence-electron chi connectivity index (χ0n) is 15.3. The van der Waals surface area contributed by atoms with Gasteiger partial charge in [-0.15, -0.1) is 0 Å². The third kappa shape index (κ3) is 5.49. The first kappa shape index (κ1) is 19.8. The highest BCUT2D eigenvalue weighted by Gasteiger charge is 2.21. The van der Waals surface area contributed by atoms with Crippen molar-refractivity contribution < 1.29 is 13.2 Å². The van der Waals surface area contributed by atoms with Gasteiger partial charge in [0.05, 0.1) is 11.9 Å². The molecule has 7 heteroatoms. The summed E-state index contributed by atoms with van der Waals surface area (Å²) in [4.78, 5) is 14.3. The molecule has 0 aromatic heterocycles. The number of nitrogens with one attached hydrogen (secondary N) is 1. The standard InChI is InChI=1S/C19H25N3O3S/c1-16-9-7-8-12-18(16)22(26(3,24)25)15-19(23)20-13-14-21(2)17-10-5-4-6-11-17/h4-12H,13-15H2,1-3H3,(H,20,23). The number of sulfonamides is 1. The first-order chi connectivity index (χ1) is 12.3. The lowest BCUT2D eigenvalue weighted by molar-refractivity contribution is -0.119. The molecule has 0 saturated heterocycles. The van der Waals surface area contributed by atoms with Gasteiger partial charge in [-0.25, -0.2) is 8.42 Å². The number of hydrogen-bond acceptors (Lipinski definition) is 4. The number of anilines is 2. The SMILES string of the molecule is Cc1ccccc1N(CC(=O)NCCN(C)c1ccccc1)S(C)(=O)=O. The predicted molar refractivity (Wildman–Crippen MR) is 106 cm³/mol. The molecule has 0 bridgehead atoms. The van der Waals surface area contributed by atoms with Crippen LogP contribution in [-0.4, -0.2) is 47.3 Å². The first-order valence-electron chi connectivity index (χ1n) is 8.35. The van der Waals surface area contributed by atoms with Crippen molar-refractivity contribution in [2.75, 3.05) is 42.1 Å². The van der Waals surface area contributed by atoms with Gasteiger partial charge < -0.3 is 10.2 Å². The molecule has 0 aliphatic heterocycles. The van der Waals surface area contributed by atoms with Crippen LogP contribution in [0.1, 0.15) is 5.56 Å². The zero-order valence-corrected chi connectivity index (χ0v) is 16.2. The summed E-state index contributed by atoms with van der Waals surface area (Å²) < 4.78 is 25.4. The molecule has 0 atom stereocenters. The van der Waals surface area contributed by atoms with Crippen molar-refractivity contribution in [2.45, 2.75) is 6.92 Å². The van der Waals surface area contributed by atoms with E-state index in [0.29, 0.717) is 18.8 Å². The van der Waals surface area contributed by atoms with Crippen LogP contribution in [0, 0.1) is 6.92 Å². The maximum Gasteiger partial charge on any atom is 0.240 e. The Labute approximate surface area is 155 Å². The normalized spacial score (nSPS) is 11.0. The van der Waals surface area contributed by atoms with E-state index in [2.05, 4.69) is 5.32 Å². The molecule has 2 aromatic rings. The Balaban J connectivity index is 1.95. The lowest BCUT2D eigenvalue weighted by atomic mass is 10.2. The molecule has 6 nitrogen and oxygen atoms in total. The molecule has 0 aliphatic carbocycles. The number of aryl methyl sites for hydroxylation is 1. The predicted octanol–water partition coefficient (Wildman–Crippen LogP) is 2.01. The fraction of sp³-hybridized carbons (Fsp3) is 0.316. The molecule has 2 aromatic carbocycles. The van der Waals surface area contributed by atoms with Crippen LogP contribution in [0.5, 0.6) is 0 Å². The van der Waals surface area contributed by atoms with Gasteiger partial charge in [0.1, 0.15) is 6.54 Å². The fourth-order valence-electron chi connectivity index (χ4n) is 2.59. The zero-order chi connectivity index (χ0) is 19.2. The largest absolute Gasteiger partial charge is 0.373 e. The molecular weight excluding hydrogens is 350 g/mol. The van der Waals surface area contributed by atoms with Gasteiger partial charge in [0, 0.05) is 25.8 Å². The highest BCUT2D eigenvalue weighted by atomic mass is 32.2. The molecule has 2 rings (SSSR count). The van der Waals surface area contributed by atoms with E-state index in [4.69, 9.17) is 0 Å². The Hall–Kier alpha value is -2.54. The molecule has 26 heavy (non-hydrogen) atoms. The Kier molecular flexibility index (Phi) is 6.63. The number of hydrogen-bond donors (Lipinski definition) is 1. The van der Waals surface area contributed by atoms with Crippen LogP contribution >= 0.6 is 0 Å². The molecule has 140 valence electrons. The summed E-state index contributed by atoms with van der Waals surface area (Å²) in [7, 11) is -1.62. The summed E-state index contributed by atoms with van der Waals surface area (Å²) in [5, 5.41) is 2.79. The number of carbonyl (C=O) groups is 1. The number of para-hydroxylation sites is 2. The van der Waals surface area contributed by atoms with Gasteiger partial charge in [0.2, 0.25) is 15.9 Å². The number of benzene rings is 2. The molecule has 1 N–H and O–H groups in total. The van der Waals surface area contributed by atoms with Crippen LogP contribution < -0.4 is 14.5 Å². The van der Waals surface area contributed by atoms with Crippen molar-refractivity contribution in [2.24, 2.45) is 0 Å². The lowest BCUT2D eigenvalue weighted by Crippen LogP contribution is -2.42. The molecular formula is C19H25N3O3S. The average Bonchev–Trinajstić information content (AvgIpc) is 2.60. The minimum atomic E-state index is -3.56. The van der Waals surface area contributed by atoms with Crippen molar-refractivity contribution in [1.29, 1.82) is 0 Å². The summed E-state index contributed by atoms with van der Waals surface area (Å²) in [6.07, 6.45) is 1.11. The molecule has 0 spiro atoms. The van der Waals surface area contributed by atoms with Crippen LogP contribution in [0.4, 0.5) is 11.4 Å². The van der Waals surface area contributed by atoms with Gasteiger partial charge in [0.15, 0.2) is 0 Å². The number of rotatable bonds is 8. The van der Waals surface area contributed by atoms with Gasteiger partial charge in [-0.3, -0.25) is 9.10 Å². The van der Waals surface area contributed by atoms with Crippen molar-refractivity contribution in [3.05, 3.63) is 60.2 Å². The first-order valence-corrected chi connectivity index (χ1v) is 10.2. The molecule has 0 radical (unpaired) electrons. The van der Waals surface area contributed by atoms with Crippen LogP contribution in [-0.2, 0) is 14.8 Å². The molecule has 0 fully saturated rings. The topological polar surface area (TPSA) is 69.7 Å². The summed E-state index contributed by atoms with van der Waals surface area (Å²) in [6.45, 7) is 2.63. The second kappa shape index (κ2) is 8.71. The second-order valence-electron chi connectivity index (χ2n) is 6.16. The highest BCUT2D eigenvalue weighted by molar-refractivity contribution is 7.92. The van der Waals surface area contributed by atoms with E-state index >= 15 is 0 Å². The van der Waals surface area contributed by atoms with E-state index in [-0.39, 0.29) is 12.5 Å². The summed E-state index contributed by atoms with van der Waals surface area (Å²) in [5.74, 6) is -0.333. The highest BCUT2D eigenvalue weighted by Crippen LogP contribution is 2.21. The van der Waals surface area contributed by atoms with Gasteiger partial charge in [-0.1, -0.05) is 36.4 Å². The van der Waals surface area contributed by atoms with E-state index in [1.54, 1.807) is 12.1 Å². The maximum atomic E-state index is 12.3. The Bertz CT molecular complexity index is 838. The molecule has 0 aliphatic rings. The van der Waals surface area contributed by atoms with Gasteiger partial charge >= 0.3 is 0 Å². The third-order valence-electron chi connectivity index (χ3n) is 4.04. The number of likely N-dealkylation sites (N-methyl/N-ethyl adjacent to an activating group) is 1. The smallest absolute Gasteiger partial charge is 0.240 e. The van der Waals surface area contributed by atoms with Crippen molar-refractivity contribution >= 4 is 27.3 Å². The molecule has 0 saturated carbocycles.